The molecule has 1 aliphatic heterocycles. The third kappa shape index (κ3) is 5.15. The Kier molecular flexibility index (Phi) is 6.81. The molecule has 1 saturated heterocycles. The number of anilines is 2. The quantitative estimate of drug-likeness (QED) is 0.402. The van der Waals surface area contributed by atoms with E-state index in [4.69, 9.17) is 0 Å². The van der Waals surface area contributed by atoms with Crippen molar-refractivity contribution in [2.75, 3.05) is 38.5 Å². The number of nitriles is 1. The van der Waals surface area contributed by atoms with Crippen LogP contribution in [0.3, 0.4) is 0 Å². The fraction of sp³-hybridized carbons (Fsp3) is 0.276. The Morgan fingerprint density at radius 2 is 1.89 bits per heavy atom. The molecule has 4 aromatic rings. The maximum atomic E-state index is 9.75. The van der Waals surface area contributed by atoms with E-state index in [2.05, 4.69) is 75.2 Å². The minimum Gasteiger partial charge on any atom is -0.359 e. The predicted octanol–water partition coefficient (Wildman–Crippen LogP) is 5.11. The largest absolute Gasteiger partial charge is 0.359 e. The molecule has 5 rings (SSSR count). The van der Waals surface area contributed by atoms with Crippen LogP contribution in [0.15, 0.2) is 48.9 Å². The second kappa shape index (κ2) is 10.3. The van der Waals surface area contributed by atoms with Gasteiger partial charge in [0.05, 0.1) is 16.9 Å². The summed E-state index contributed by atoms with van der Waals surface area (Å²) < 4.78 is 0. The van der Waals surface area contributed by atoms with E-state index in [9.17, 15) is 5.26 Å². The smallest absolute Gasteiger partial charge is 0.103 e. The van der Waals surface area contributed by atoms with Gasteiger partial charge in [-0.05, 0) is 68.4 Å². The van der Waals surface area contributed by atoms with Crippen molar-refractivity contribution < 1.29 is 0 Å². The minimum atomic E-state index is 0.498. The highest BCUT2D eigenvalue weighted by Gasteiger charge is 2.14. The van der Waals surface area contributed by atoms with Crippen molar-refractivity contribution in [1.82, 2.24) is 24.8 Å². The van der Waals surface area contributed by atoms with Crippen molar-refractivity contribution >= 4 is 34.4 Å². The summed E-state index contributed by atoms with van der Waals surface area (Å²) in [6.45, 7) is 9.47. The Bertz CT molecular complexity index is 1440. The fourth-order valence-corrected chi connectivity index (χ4v) is 4.65. The fourth-order valence-electron chi connectivity index (χ4n) is 4.65. The summed E-state index contributed by atoms with van der Waals surface area (Å²) >= 11 is 0. The van der Waals surface area contributed by atoms with Gasteiger partial charge in [-0.1, -0.05) is 6.07 Å². The van der Waals surface area contributed by atoms with Gasteiger partial charge in [0, 0.05) is 79.2 Å². The number of hydrogen-bond acceptors (Lipinski definition) is 6. The molecule has 1 aromatic carbocycles. The third-order valence-electron chi connectivity index (χ3n) is 6.85. The molecule has 3 aromatic heterocycles. The van der Waals surface area contributed by atoms with Crippen LogP contribution in [0.2, 0.25) is 0 Å². The number of aromatic amines is 1. The molecule has 0 aliphatic carbocycles. The van der Waals surface area contributed by atoms with Crippen molar-refractivity contribution in [3.63, 3.8) is 0 Å². The second-order valence-electron chi connectivity index (χ2n) is 9.54. The first kappa shape index (κ1) is 23.7. The molecular weight excluding hydrogens is 446 g/mol. The van der Waals surface area contributed by atoms with Crippen molar-refractivity contribution in [3.8, 4) is 6.07 Å². The standard InChI is InChI=1S/C29H31N7/c1-20-14-26-21(2)27(8-9-28(26)33-20)34-29-23(17-31-18-24(29)15-30)5-7-25-6-4-22(16-32-25)19-36-12-10-35(3)11-13-36/h4-9,14,16-18,33H,10-13,19H2,1-3H3,(H,31,34)/b7-5+. The van der Waals surface area contributed by atoms with Gasteiger partial charge in [-0.3, -0.25) is 14.9 Å². The summed E-state index contributed by atoms with van der Waals surface area (Å²) in [4.78, 5) is 17.1. The van der Waals surface area contributed by atoms with E-state index in [-0.39, 0.29) is 0 Å². The van der Waals surface area contributed by atoms with E-state index < -0.39 is 0 Å². The lowest BCUT2D eigenvalue weighted by Crippen LogP contribution is -2.43. The first-order chi connectivity index (χ1) is 17.5. The molecule has 0 amide bonds. The van der Waals surface area contributed by atoms with Crippen molar-refractivity contribution in [1.29, 1.82) is 5.26 Å². The number of hydrogen-bond donors (Lipinski definition) is 2. The second-order valence-corrected chi connectivity index (χ2v) is 9.54. The molecule has 7 nitrogen and oxygen atoms in total. The van der Waals surface area contributed by atoms with Crippen LogP contribution in [0.4, 0.5) is 11.4 Å². The summed E-state index contributed by atoms with van der Waals surface area (Å²) in [5.41, 5.74) is 8.48. The van der Waals surface area contributed by atoms with E-state index in [1.807, 2.05) is 30.5 Å². The van der Waals surface area contributed by atoms with Gasteiger partial charge in [-0.2, -0.15) is 5.26 Å². The Morgan fingerprint density at radius 1 is 1.06 bits per heavy atom. The number of benzene rings is 1. The molecule has 1 aliphatic rings. The maximum Gasteiger partial charge on any atom is 0.103 e. The Balaban J connectivity index is 1.36. The van der Waals surface area contributed by atoms with E-state index in [1.54, 1.807) is 12.4 Å². The molecule has 36 heavy (non-hydrogen) atoms. The van der Waals surface area contributed by atoms with Gasteiger partial charge in [0.1, 0.15) is 6.07 Å². The Morgan fingerprint density at radius 3 is 2.64 bits per heavy atom. The molecule has 0 atom stereocenters. The van der Waals surface area contributed by atoms with Crippen LogP contribution in [0.25, 0.3) is 23.1 Å². The molecular formula is C29H31N7. The van der Waals surface area contributed by atoms with E-state index in [0.717, 1.165) is 72.1 Å². The van der Waals surface area contributed by atoms with E-state index in [1.165, 1.54) is 10.9 Å². The lowest BCUT2D eigenvalue weighted by Gasteiger charge is -2.32. The van der Waals surface area contributed by atoms with Gasteiger partial charge in [0.2, 0.25) is 0 Å². The third-order valence-corrected chi connectivity index (χ3v) is 6.85. The highest BCUT2D eigenvalue weighted by atomic mass is 15.2. The first-order valence-corrected chi connectivity index (χ1v) is 12.3. The van der Waals surface area contributed by atoms with Gasteiger partial charge in [0.15, 0.2) is 0 Å². The molecule has 0 unspecified atom stereocenters. The monoisotopic (exact) mass is 477 g/mol. The molecule has 0 radical (unpaired) electrons. The zero-order valence-electron chi connectivity index (χ0n) is 21.0. The number of pyridine rings is 2. The highest BCUT2D eigenvalue weighted by Crippen LogP contribution is 2.31. The van der Waals surface area contributed by atoms with E-state index in [0.29, 0.717) is 5.56 Å². The van der Waals surface area contributed by atoms with Crippen molar-refractivity contribution in [2.45, 2.75) is 20.4 Å². The SMILES string of the molecule is Cc1cc2c(C)c(Nc3c(C#N)cncc3/C=C/c3ccc(CN4CCN(C)CC4)cn3)ccc2[nH]1. The molecule has 2 N–H and O–H groups in total. The molecule has 0 spiro atoms. The highest BCUT2D eigenvalue weighted by molar-refractivity contribution is 5.91. The molecule has 1 fully saturated rings. The number of likely N-dealkylation sites (N-methyl/N-ethyl adjacent to an activating group) is 1. The van der Waals surface area contributed by atoms with Crippen LogP contribution in [0.1, 0.15) is 33.6 Å². The van der Waals surface area contributed by atoms with Crippen LogP contribution in [-0.2, 0) is 6.54 Å². The summed E-state index contributed by atoms with van der Waals surface area (Å²) in [6.07, 6.45) is 9.26. The maximum absolute atomic E-state index is 9.75. The lowest BCUT2D eigenvalue weighted by atomic mass is 10.1. The molecule has 182 valence electrons. The molecule has 4 heterocycles. The summed E-state index contributed by atoms with van der Waals surface area (Å²) in [5, 5.41) is 14.4. The zero-order valence-corrected chi connectivity index (χ0v) is 21.0. The van der Waals surface area contributed by atoms with Crippen molar-refractivity contribution in [3.05, 3.63) is 82.6 Å². The zero-order chi connectivity index (χ0) is 25.1. The lowest BCUT2D eigenvalue weighted by molar-refractivity contribution is 0.148. The molecule has 0 bridgehead atoms. The Hall–Kier alpha value is -3.99. The average Bonchev–Trinajstić information content (AvgIpc) is 3.28. The van der Waals surface area contributed by atoms with Crippen molar-refractivity contribution in [2.24, 2.45) is 0 Å². The average molecular weight is 478 g/mol. The first-order valence-electron chi connectivity index (χ1n) is 12.3. The minimum absolute atomic E-state index is 0.498. The van der Waals surface area contributed by atoms with Crippen LogP contribution >= 0.6 is 0 Å². The number of piperazine rings is 1. The number of aryl methyl sites for hydroxylation is 2. The number of aromatic nitrogens is 3. The molecule has 7 heteroatoms. The van der Waals surface area contributed by atoms with E-state index >= 15 is 0 Å². The van der Waals surface area contributed by atoms with Gasteiger partial charge in [-0.15, -0.1) is 0 Å². The van der Waals surface area contributed by atoms with Crippen LogP contribution in [0, 0.1) is 25.2 Å². The van der Waals surface area contributed by atoms with Crippen LogP contribution in [-0.4, -0.2) is 58.0 Å². The molecule has 0 saturated carbocycles. The summed E-state index contributed by atoms with van der Waals surface area (Å²) in [6, 6.07) is 12.7. The summed E-state index contributed by atoms with van der Waals surface area (Å²) in [5.74, 6) is 0. The number of fused-ring (bicyclic) bond motifs is 1. The Labute approximate surface area is 212 Å². The van der Waals surface area contributed by atoms with Gasteiger partial charge < -0.3 is 15.2 Å². The number of nitrogens with zero attached hydrogens (tertiary/aromatic N) is 5. The van der Waals surface area contributed by atoms with Gasteiger partial charge in [0.25, 0.3) is 0 Å². The van der Waals surface area contributed by atoms with Gasteiger partial charge >= 0.3 is 0 Å². The van der Waals surface area contributed by atoms with Gasteiger partial charge in [-0.25, -0.2) is 0 Å². The number of rotatable bonds is 6. The number of H-pyrrole nitrogens is 1. The van der Waals surface area contributed by atoms with Crippen LogP contribution in [0.5, 0.6) is 0 Å². The summed E-state index contributed by atoms with van der Waals surface area (Å²) in [7, 11) is 2.17. The van der Waals surface area contributed by atoms with Crippen LogP contribution < -0.4 is 5.32 Å². The predicted molar refractivity (Wildman–Crippen MR) is 146 cm³/mol. The number of nitrogens with one attached hydrogen (secondary N) is 2. The normalized spacial score (nSPS) is 14.9. The topological polar surface area (TPSA) is 83.9 Å².